The van der Waals surface area contributed by atoms with Crippen LogP contribution in [0.2, 0.25) is 0 Å². The van der Waals surface area contributed by atoms with Gasteiger partial charge in [0, 0.05) is 18.8 Å². The van der Waals surface area contributed by atoms with Crippen molar-refractivity contribution in [2.75, 3.05) is 25.0 Å². The standard InChI is InChI=1S/C22H24N4O7S/c1-3-25(4-2)34(31,32)16-9-7-8-15(12-16)23-19(27)14-33-20(28)13-26-22(30)18-11-6-5-10-17(18)21(29)24-26/h5-12H,3-4,13-14H2,1-2H3,(H,23,27)(H,24,29). The van der Waals surface area contributed by atoms with Gasteiger partial charge in [-0.1, -0.05) is 32.0 Å². The highest BCUT2D eigenvalue weighted by Crippen LogP contribution is 2.19. The quantitative estimate of drug-likeness (QED) is 0.425. The van der Waals surface area contributed by atoms with E-state index in [0.717, 1.165) is 4.68 Å². The number of carbonyl (C=O) groups is 2. The average Bonchev–Trinajstić information content (AvgIpc) is 2.82. The second-order valence-corrected chi connectivity index (χ2v) is 9.14. The lowest BCUT2D eigenvalue weighted by molar-refractivity contribution is -0.148. The van der Waals surface area contributed by atoms with Gasteiger partial charge in [0.2, 0.25) is 10.0 Å². The summed E-state index contributed by atoms with van der Waals surface area (Å²) in [5, 5.41) is 5.12. The normalized spacial score (nSPS) is 11.5. The number of anilines is 1. The van der Waals surface area contributed by atoms with Crippen LogP contribution in [0.15, 0.2) is 63.0 Å². The van der Waals surface area contributed by atoms with Crippen LogP contribution >= 0.6 is 0 Å². The number of ether oxygens (including phenoxy) is 1. The van der Waals surface area contributed by atoms with Gasteiger partial charge >= 0.3 is 5.97 Å². The molecular weight excluding hydrogens is 464 g/mol. The first kappa shape index (κ1) is 24.9. The molecule has 0 aliphatic rings. The highest BCUT2D eigenvalue weighted by Gasteiger charge is 2.22. The molecule has 0 spiro atoms. The van der Waals surface area contributed by atoms with E-state index in [1.54, 1.807) is 26.0 Å². The molecule has 0 atom stereocenters. The van der Waals surface area contributed by atoms with Crippen LogP contribution in [0.5, 0.6) is 0 Å². The molecule has 180 valence electrons. The number of aromatic amines is 1. The van der Waals surface area contributed by atoms with Crippen LogP contribution < -0.4 is 16.4 Å². The lowest BCUT2D eigenvalue weighted by Gasteiger charge is -2.18. The van der Waals surface area contributed by atoms with Crippen molar-refractivity contribution in [2.45, 2.75) is 25.3 Å². The molecule has 1 aromatic heterocycles. The van der Waals surface area contributed by atoms with Crippen LogP contribution in [0, 0.1) is 0 Å². The summed E-state index contributed by atoms with van der Waals surface area (Å²) in [6.07, 6.45) is 0. The van der Waals surface area contributed by atoms with Gasteiger partial charge in [-0.25, -0.2) is 13.1 Å². The second-order valence-electron chi connectivity index (χ2n) is 7.20. The van der Waals surface area contributed by atoms with Crippen LogP contribution in [-0.2, 0) is 30.9 Å². The number of sulfonamides is 1. The van der Waals surface area contributed by atoms with E-state index >= 15 is 0 Å². The van der Waals surface area contributed by atoms with Crippen molar-refractivity contribution in [2.24, 2.45) is 0 Å². The molecule has 0 unspecified atom stereocenters. The molecule has 0 bridgehead atoms. The molecule has 2 aromatic carbocycles. The van der Waals surface area contributed by atoms with Crippen LogP contribution in [-0.4, -0.2) is 54.1 Å². The van der Waals surface area contributed by atoms with E-state index in [1.807, 2.05) is 0 Å². The van der Waals surface area contributed by atoms with Gasteiger partial charge in [-0.05, 0) is 30.3 Å². The number of nitrogens with one attached hydrogen (secondary N) is 2. The molecule has 0 aliphatic heterocycles. The lowest BCUT2D eigenvalue weighted by Crippen LogP contribution is -2.33. The number of amides is 1. The molecule has 1 heterocycles. The molecule has 0 aliphatic carbocycles. The maximum Gasteiger partial charge on any atom is 0.328 e. The van der Waals surface area contributed by atoms with Gasteiger partial charge in [0.05, 0.1) is 15.7 Å². The van der Waals surface area contributed by atoms with Crippen molar-refractivity contribution in [3.63, 3.8) is 0 Å². The summed E-state index contributed by atoms with van der Waals surface area (Å²) >= 11 is 0. The molecular formula is C22H24N4O7S. The molecule has 34 heavy (non-hydrogen) atoms. The van der Waals surface area contributed by atoms with Crippen molar-refractivity contribution in [3.8, 4) is 0 Å². The Morgan fingerprint density at radius 3 is 2.38 bits per heavy atom. The first-order valence-corrected chi connectivity index (χ1v) is 11.9. The van der Waals surface area contributed by atoms with Crippen molar-refractivity contribution >= 4 is 38.4 Å². The van der Waals surface area contributed by atoms with E-state index in [2.05, 4.69) is 10.4 Å². The van der Waals surface area contributed by atoms with Gasteiger partial charge in [-0.15, -0.1) is 0 Å². The largest absolute Gasteiger partial charge is 0.454 e. The zero-order valence-corrected chi connectivity index (χ0v) is 19.4. The van der Waals surface area contributed by atoms with Gasteiger partial charge in [-0.2, -0.15) is 4.31 Å². The fourth-order valence-electron chi connectivity index (χ4n) is 3.32. The maximum atomic E-state index is 12.6. The fraction of sp³-hybridized carbons (Fsp3) is 0.273. The molecule has 3 aromatic rings. The Morgan fingerprint density at radius 1 is 1.03 bits per heavy atom. The number of nitrogens with zero attached hydrogens (tertiary/aromatic N) is 2. The highest BCUT2D eigenvalue weighted by molar-refractivity contribution is 7.89. The Labute approximate surface area is 195 Å². The van der Waals surface area contributed by atoms with Gasteiger partial charge in [0.1, 0.15) is 6.54 Å². The van der Waals surface area contributed by atoms with Crippen LogP contribution in [0.25, 0.3) is 10.8 Å². The number of hydrogen-bond donors (Lipinski definition) is 2. The van der Waals surface area contributed by atoms with E-state index < -0.39 is 46.2 Å². The Hall–Kier alpha value is -3.77. The van der Waals surface area contributed by atoms with E-state index in [0.29, 0.717) is 13.1 Å². The van der Waals surface area contributed by atoms with Crippen molar-refractivity contribution in [3.05, 3.63) is 69.2 Å². The minimum atomic E-state index is -3.71. The summed E-state index contributed by atoms with van der Waals surface area (Å²) in [5.41, 5.74) is -0.910. The molecule has 1 amide bonds. The van der Waals surface area contributed by atoms with Gasteiger partial charge in [0.15, 0.2) is 6.61 Å². The monoisotopic (exact) mass is 488 g/mol. The summed E-state index contributed by atoms with van der Waals surface area (Å²) < 4.78 is 32.3. The second kappa shape index (κ2) is 10.4. The summed E-state index contributed by atoms with van der Waals surface area (Å²) in [4.78, 5) is 48.9. The van der Waals surface area contributed by atoms with E-state index in [9.17, 15) is 27.6 Å². The molecule has 0 saturated carbocycles. The third-order valence-electron chi connectivity index (χ3n) is 5.00. The zero-order valence-electron chi connectivity index (χ0n) is 18.6. The van der Waals surface area contributed by atoms with Gasteiger partial charge < -0.3 is 10.1 Å². The summed E-state index contributed by atoms with van der Waals surface area (Å²) in [6, 6.07) is 11.9. The molecule has 11 nitrogen and oxygen atoms in total. The highest BCUT2D eigenvalue weighted by atomic mass is 32.2. The maximum absolute atomic E-state index is 12.6. The topological polar surface area (TPSA) is 148 Å². The number of rotatable bonds is 9. The number of esters is 1. The van der Waals surface area contributed by atoms with E-state index in [4.69, 9.17) is 4.74 Å². The Kier molecular flexibility index (Phi) is 7.64. The first-order chi connectivity index (χ1) is 16.2. The Bertz CT molecular complexity index is 1440. The predicted octanol–water partition coefficient (Wildman–Crippen LogP) is 0.902. The SMILES string of the molecule is CCN(CC)S(=O)(=O)c1cccc(NC(=O)COC(=O)Cn2[nH]c(=O)c3ccccc3c2=O)c1. The number of fused-ring (bicyclic) bond motifs is 1. The minimum Gasteiger partial charge on any atom is -0.454 e. The average molecular weight is 489 g/mol. The molecule has 2 N–H and O–H groups in total. The van der Waals surface area contributed by atoms with Crippen molar-refractivity contribution in [1.82, 2.24) is 14.1 Å². The number of carbonyl (C=O) groups excluding carboxylic acids is 2. The number of benzene rings is 2. The van der Waals surface area contributed by atoms with Crippen molar-refractivity contribution in [1.29, 1.82) is 0 Å². The van der Waals surface area contributed by atoms with Gasteiger partial charge in [-0.3, -0.25) is 24.3 Å². The molecule has 0 radical (unpaired) electrons. The third-order valence-corrected chi connectivity index (χ3v) is 7.04. The fourth-order valence-corrected chi connectivity index (χ4v) is 4.83. The van der Waals surface area contributed by atoms with E-state index in [-0.39, 0.29) is 21.4 Å². The molecule has 3 rings (SSSR count). The van der Waals surface area contributed by atoms with E-state index in [1.165, 1.54) is 40.7 Å². The number of hydrogen-bond acceptors (Lipinski definition) is 7. The Balaban J connectivity index is 1.63. The van der Waals surface area contributed by atoms with Crippen LogP contribution in [0.4, 0.5) is 5.69 Å². The van der Waals surface area contributed by atoms with Crippen LogP contribution in [0.1, 0.15) is 13.8 Å². The minimum absolute atomic E-state index is 0.0191. The summed E-state index contributed by atoms with van der Waals surface area (Å²) in [5.74, 6) is -1.62. The number of H-pyrrole nitrogens is 1. The van der Waals surface area contributed by atoms with Crippen LogP contribution in [0.3, 0.4) is 0 Å². The van der Waals surface area contributed by atoms with Crippen molar-refractivity contribution < 1.29 is 22.7 Å². The van der Waals surface area contributed by atoms with Gasteiger partial charge in [0.25, 0.3) is 17.0 Å². The predicted molar refractivity (Wildman–Crippen MR) is 125 cm³/mol. The smallest absolute Gasteiger partial charge is 0.328 e. The summed E-state index contributed by atoms with van der Waals surface area (Å²) in [6.45, 7) is 2.79. The summed E-state index contributed by atoms with van der Waals surface area (Å²) in [7, 11) is -3.71. The molecule has 0 fully saturated rings. The molecule has 0 saturated heterocycles. The number of aromatic nitrogens is 2. The third kappa shape index (κ3) is 5.41. The zero-order chi connectivity index (χ0) is 24.9. The Morgan fingerprint density at radius 2 is 1.71 bits per heavy atom. The first-order valence-electron chi connectivity index (χ1n) is 10.4. The molecule has 12 heteroatoms. The lowest BCUT2D eigenvalue weighted by atomic mass is 10.2.